The van der Waals surface area contributed by atoms with Crippen LogP contribution >= 0.6 is 0 Å². The Morgan fingerprint density at radius 3 is 2.62 bits per heavy atom. The second-order valence-corrected chi connectivity index (χ2v) is 9.29. The smallest absolute Gasteiger partial charge is 0.147 e. The molecule has 4 rings (SSSR count). The van der Waals surface area contributed by atoms with Crippen molar-refractivity contribution < 1.29 is 9.53 Å². The van der Waals surface area contributed by atoms with E-state index in [0.29, 0.717) is 18.3 Å². The molecule has 29 heavy (non-hydrogen) atoms. The van der Waals surface area contributed by atoms with Gasteiger partial charge in [0.25, 0.3) is 0 Å². The van der Waals surface area contributed by atoms with Gasteiger partial charge in [-0.15, -0.1) is 0 Å². The molecule has 1 saturated carbocycles. The Morgan fingerprint density at radius 1 is 1.10 bits per heavy atom. The van der Waals surface area contributed by atoms with E-state index in [1.54, 1.807) is 5.56 Å². The summed E-state index contributed by atoms with van der Waals surface area (Å²) in [7, 11) is 0. The van der Waals surface area contributed by atoms with Gasteiger partial charge in [-0.25, -0.2) is 0 Å². The average molecular weight is 395 g/mol. The number of rotatable bonds is 7. The Balaban J connectivity index is 1.17. The SMILES string of the molecule is N#CCC(=O)CC1CCC(CCN2CCC(c3cccc4c3CCO4)CC2)CC1. The van der Waals surface area contributed by atoms with E-state index >= 15 is 0 Å². The molecule has 2 heterocycles. The van der Waals surface area contributed by atoms with E-state index in [-0.39, 0.29) is 12.2 Å². The lowest BCUT2D eigenvalue weighted by Crippen LogP contribution is -2.35. The number of nitrogens with zero attached hydrogens (tertiary/aromatic N) is 2. The molecule has 0 bridgehead atoms. The third-order valence-corrected chi connectivity index (χ3v) is 7.42. The molecule has 2 fully saturated rings. The van der Waals surface area contributed by atoms with Crippen LogP contribution in [0.15, 0.2) is 18.2 Å². The lowest BCUT2D eigenvalue weighted by Gasteiger charge is -2.35. The van der Waals surface area contributed by atoms with Crippen LogP contribution in [0.1, 0.15) is 74.8 Å². The Labute approximate surface area is 175 Å². The summed E-state index contributed by atoms with van der Waals surface area (Å²) in [6.07, 6.45) is 10.5. The molecule has 2 aliphatic heterocycles. The highest BCUT2D eigenvalue weighted by molar-refractivity contribution is 5.80. The first kappa shape index (κ1) is 20.4. The molecule has 156 valence electrons. The largest absolute Gasteiger partial charge is 0.493 e. The number of piperidine rings is 1. The summed E-state index contributed by atoms with van der Waals surface area (Å²) in [5.41, 5.74) is 3.01. The second-order valence-electron chi connectivity index (χ2n) is 9.29. The highest BCUT2D eigenvalue weighted by atomic mass is 16.5. The van der Waals surface area contributed by atoms with Gasteiger partial charge in [-0.05, 0) is 81.1 Å². The summed E-state index contributed by atoms with van der Waals surface area (Å²) in [5.74, 6) is 3.30. The van der Waals surface area contributed by atoms with Crippen molar-refractivity contribution in [3.8, 4) is 11.8 Å². The van der Waals surface area contributed by atoms with Gasteiger partial charge in [0.2, 0.25) is 0 Å². The van der Waals surface area contributed by atoms with Gasteiger partial charge >= 0.3 is 0 Å². The van der Waals surface area contributed by atoms with Crippen LogP contribution in [-0.4, -0.2) is 36.9 Å². The van der Waals surface area contributed by atoms with Gasteiger partial charge in [-0.1, -0.05) is 25.0 Å². The molecule has 1 aromatic carbocycles. The monoisotopic (exact) mass is 394 g/mol. The number of fused-ring (bicyclic) bond motifs is 1. The zero-order valence-corrected chi connectivity index (χ0v) is 17.6. The van der Waals surface area contributed by atoms with Gasteiger partial charge in [-0.3, -0.25) is 4.79 Å². The zero-order valence-electron chi connectivity index (χ0n) is 17.6. The molecular formula is C25H34N2O2. The first-order valence-electron chi connectivity index (χ1n) is 11.6. The van der Waals surface area contributed by atoms with Crippen molar-refractivity contribution in [3.05, 3.63) is 29.3 Å². The van der Waals surface area contributed by atoms with Gasteiger partial charge in [0, 0.05) is 18.4 Å². The van der Waals surface area contributed by atoms with Crippen LogP contribution in [0, 0.1) is 23.2 Å². The zero-order chi connectivity index (χ0) is 20.1. The minimum Gasteiger partial charge on any atom is -0.493 e. The molecular weight excluding hydrogens is 360 g/mol. The quantitative estimate of drug-likeness (QED) is 0.662. The summed E-state index contributed by atoms with van der Waals surface area (Å²) in [5, 5.41) is 8.64. The van der Waals surface area contributed by atoms with Crippen LogP contribution in [0.4, 0.5) is 0 Å². The number of ether oxygens (including phenoxy) is 1. The maximum atomic E-state index is 11.7. The molecule has 3 aliphatic rings. The van der Waals surface area contributed by atoms with Crippen LogP contribution in [0.25, 0.3) is 0 Å². The summed E-state index contributed by atoms with van der Waals surface area (Å²) < 4.78 is 5.75. The minimum atomic E-state index is 0.0920. The lowest BCUT2D eigenvalue weighted by atomic mass is 9.78. The summed E-state index contributed by atoms with van der Waals surface area (Å²) in [6, 6.07) is 8.60. The van der Waals surface area contributed by atoms with Crippen LogP contribution in [0.5, 0.6) is 5.75 Å². The van der Waals surface area contributed by atoms with Crippen molar-refractivity contribution in [2.45, 2.75) is 70.1 Å². The molecule has 0 amide bonds. The second kappa shape index (κ2) is 9.76. The van der Waals surface area contributed by atoms with Gasteiger partial charge in [0.05, 0.1) is 19.1 Å². The lowest BCUT2D eigenvalue weighted by molar-refractivity contribution is -0.119. The van der Waals surface area contributed by atoms with Gasteiger partial charge in [0.15, 0.2) is 0 Å². The number of nitriles is 1. The third-order valence-electron chi connectivity index (χ3n) is 7.42. The topological polar surface area (TPSA) is 53.3 Å². The predicted octanol–water partition coefficient (Wildman–Crippen LogP) is 4.87. The van der Waals surface area contributed by atoms with Crippen LogP contribution in [-0.2, 0) is 11.2 Å². The number of hydrogen-bond acceptors (Lipinski definition) is 4. The summed E-state index contributed by atoms with van der Waals surface area (Å²) in [4.78, 5) is 14.3. The highest BCUT2D eigenvalue weighted by Crippen LogP contribution is 2.37. The first-order valence-corrected chi connectivity index (χ1v) is 11.6. The maximum Gasteiger partial charge on any atom is 0.147 e. The fraction of sp³-hybridized carbons (Fsp3) is 0.680. The van der Waals surface area contributed by atoms with Crippen molar-refractivity contribution in [2.75, 3.05) is 26.2 Å². The normalized spacial score (nSPS) is 25.2. The highest BCUT2D eigenvalue weighted by Gasteiger charge is 2.27. The average Bonchev–Trinajstić information content (AvgIpc) is 3.23. The Bertz CT molecular complexity index is 738. The molecule has 4 nitrogen and oxygen atoms in total. The molecule has 1 aromatic rings. The van der Waals surface area contributed by atoms with E-state index in [1.165, 1.54) is 70.1 Å². The molecule has 0 atom stereocenters. The van der Waals surface area contributed by atoms with E-state index in [0.717, 1.165) is 24.7 Å². The molecule has 4 heteroatoms. The van der Waals surface area contributed by atoms with Crippen molar-refractivity contribution in [3.63, 3.8) is 0 Å². The predicted molar refractivity (Wildman–Crippen MR) is 114 cm³/mol. The summed E-state index contributed by atoms with van der Waals surface area (Å²) in [6.45, 7) is 4.51. The van der Waals surface area contributed by atoms with Crippen molar-refractivity contribution in [1.29, 1.82) is 5.26 Å². The molecule has 0 aromatic heterocycles. The molecule has 1 saturated heterocycles. The van der Waals surface area contributed by atoms with Crippen molar-refractivity contribution in [1.82, 2.24) is 4.90 Å². The Kier molecular flexibility index (Phi) is 6.87. The van der Waals surface area contributed by atoms with Gasteiger partial charge < -0.3 is 9.64 Å². The fourth-order valence-electron chi connectivity index (χ4n) is 5.67. The van der Waals surface area contributed by atoms with E-state index in [1.807, 2.05) is 6.07 Å². The molecule has 0 unspecified atom stereocenters. The van der Waals surface area contributed by atoms with Crippen molar-refractivity contribution in [2.24, 2.45) is 11.8 Å². The van der Waals surface area contributed by atoms with E-state index in [9.17, 15) is 4.79 Å². The third kappa shape index (κ3) is 5.20. The molecule has 0 N–H and O–H groups in total. The number of Topliss-reactive ketones (excluding diaryl/α,β-unsaturated/α-hetero) is 1. The minimum absolute atomic E-state index is 0.0920. The summed E-state index contributed by atoms with van der Waals surface area (Å²) >= 11 is 0. The number of benzene rings is 1. The standard InChI is InChI=1S/C25H34N2O2/c26-13-8-22(28)18-20-6-4-19(5-7-20)9-14-27-15-10-21(11-16-27)23-2-1-3-25-24(23)12-17-29-25/h1-3,19-21H,4-12,14-18H2. The van der Waals surface area contributed by atoms with Crippen molar-refractivity contribution >= 4 is 5.78 Å². The number of carbonyl (C=O) groups is 1. The molecule has 0 spiro atoms. The Hall–Kier alpha value is -1.86. The van der Waals surface area contributed by atoms with E-state index in [2.05, 4.69) is 23.1 Å². The van der Waals surface area contributed by atoms with Crippen LogP contribution in [0.2, 0.25) is 0 Å². The molecule has 1 aliphatic carbocycles. The van der Waals surface area contributed by atoms with Gasteiger partial charge in [0.1, 0.15) is 11.5 Å². The van der Waals surface area contributed by atoms with Crippen LogP contribution < -0.4 is 4.74 Å². The van der Waals surface area contributed by atoms with Gasteiger partial charge in [-0.2, -0.15) is 5.26 Å². The maximum absolute atomic E-state index is 11.7. The van der Waals surface area contributed by atoms with E-state index < -0.39 is 0 Å². The fourth-order valence-corrected chi connectivity index (χ4v) is 5.67. The number of hydrogen-bond donors (Lipinski definition) is 0. The number of likely N-dealkylation sites (tertiary alicyclic amines) is 1. The number of ketones is 1. The number of carbonyl (C=O) groups excluding carboxylic acids is 1. The Morgan fingerprint density at radius 2 is 1.86 bits per heavy atom. The molecule has 0 radical (unpaired) electrons. The first-order chi connectivity index (χ1) is 14.2. The van der Waals surface area contributed by atoms with Crippen LogP contribution in [0.3, 0.4) is 0 Å². The van der Waals surface area contributed by atoms with E-state index in [4.69, 9.17) is 10.00 Å².